The number of carboxylic acids is 2. The van der Waals surface area contributed by atoms with Gasteiger partial charge in [-0.1, -0.05) is 6.07 Å². The zero-order chi connectivity index (χ0) is 28.4. The molecule has 4 rings (SSSR count). The van der Waals surface area contributed by atoms with E-state index in [1.54, 1.807) is 6.20 Å². The number of nitrogens with zero attached hydrogens (tertiary/aromatic N) is 2. The predicted octanol–water partition coefficient (Wildman–Crippen LogP) is 3.78. The molecular weight excluding hydrogens is 530 g/mol. The topological polar surface area (TPSA) is 118 Å². The van der Waals surface area contributed by atoms with Crippen LogP contribution in [0.2, 0.25) is 0 Å². The lowest BCUT2D eigenvalue weighted by Crippen LogP contribution is -2.49. The van der Waals surface area contributed by atoms with E-state index in [9.17, 15) is 26.3 Å². The molecule has 38 heavy (non-hydrogen) atoms. The fourth-order valence-electron chi connectivity index (χ4n) is 4.39. The second kappa shape index (κ2) is 13.9. The van der Waals surface area contributed by atoms with Gasteiger partial charge in [0, 0.05) is 45.0 Å². The molecule has 15 heteroatoms. The zero-order valence-electron chi connectivity index (χ0n) is 20.3. The number of hydrogen-bond donors (Lipinski definition) is 2. The average molecular weight is 560 g/mol. The van der Waals surface area contributed by atoms with Gasteiger partial charge in [0.05, 0.1) is 12.2 Å². The smallest absolute Gasteiger partial charge is 0.475 e. The largest absolute Gasteiger partial charge is 0.490 e. The van der Waals surface area contributed by atoms with Crippen LogP contribution in [0.25, 0.3) is 0 Å². The van der Waals surface area contributed by atoms with Crippen molar-refractivity contribution in [3.05, 3.63) is 24.4 Å². The van der Waals surface area contributed by atoms with Gasteiger partial charge in [-0.25, -0.2) is 14.6 Å². The van der Waals surface area contributed by atoms with E-state index in [-0.39, 0.29) is 11.7 Å². The highest BCUT2D eigenvalue weighted by Gasteiger charge is 2.45. The number of likely N-dealkylation sites (tertiary alicyclic amines) is 1. The number of aromatic nitrogens is 1. The van der Waals surface area contributed by atoms with Gasteiger partial charge in [0.2, 0.25) is 5.88 Å². The second-order valence-corrected chi connectivity index (χ2v) is 9.11. The van der Waals surface area contributed by atoms with Crippen LogP contribution < -0.4 is 4.74 Å². The van der Waals surface area contributed by atoms with Crippen LogP contribution >= 0.6 is 0 Å². The first-order chi connectivity index (χ1) is 17.7. The maximum absolute atomic E-state index is 10.6. The summed E-state index contributed by atoms with van der Waals surface area (Å²) in [5.41, 5.74) is -0.0110. The van der Waals surface area contributed by atoms with Gasteiger partial charge in [-0.15, -0.1) is 0 Å². The summed E-state index contributed by atoms with van der Waals surface area (Å²) in [5.74, 6) is -4.02. The number of piperidine rings is 1. The molecule has 9 nitrogen and oxygen atoms in total. The van der Waals surface area contributed by atoms with E-state index < -0.39 is 24.3 Å². The van der Waals surface area contributed by atoms with Crippen molar-refractivity contribution in [2.75, 3.05) is 39.5 Å². The molecule has 0 bridgehead atoms. The van der Waals surface area contributed by atoms with E-state index in [1.807, 2.05) is 18.2 Å². The molecule has 216 valence electrons. The molecule has 4 heterocycles. The minimum Gasteiger partial charge on any atom is -0.475 e. The molecule has 2 N–H and O–H groups in total. The van der Waals surface area contributed by atoms with Crippen molar-refractivity contribution in [2.24, 2.45) is 5.92 Å². The van der Waals surface area contributed by atoms with E-state index in [2.05, 4.69) is 9.88 Å². The number of rotatable bonds is 4. The number of pyridine rings is 1. The Morgan fingerprint density at radius 3 is 2.21 bits per heavy atom. The second-order valence-electron chi connectivity index (χ2n) is 9.11. The summed E-state index contributed by atoms with van der Waals surface area (Å²) in [7, 11) is 0. The van der Waals surface area contributed by atoms with Gasteiger partial charge in [0.25, 0.3) is 0 Å². The molecule has 1 spiro atoms. The number of aliphatic carboxylic acids is 2. The minimum atomic E-state index is -5.08. The first-order valence-electron chi connectivity index (χ1n) is 11.8. The van der Waals surface area contributed by atoms with Gasteiger partial charge >= 0.3 is 24.3 Å². The lowest BCUT2D eigenvalue weighted by molar-refractivity contribution is -0.193. The Balaban J connectivity index is 0.000000301. The number of carbonyl (C=O) groups is 2. The molecular formula is C23H30F6N2O7. The third-order valence-corrected chi connectivity index (χ3v) is 6.06. The fraction of sp³-hybridized carbons (Fsp3) is 0.696. The van der Waals surface area contributed by atoms with Gasteiger partial charge < -0.3 is 29.3 Å². The van der Waals surface area contributed by atoms with Crippen molar-refractivity contribution in [1.29, 1.82) is 0 Å². The van der Waals surface area contributed by atoms with Crippen molar-refractivity contribution < 1.29 is 60.4 Å². The maximum Gasteiger partial charge on any atom is 0.490 e. The van der Waals surface area contributed by atoms with Crippen LogP contribution in [0.1, 0.15) is 32.1 Å². The van der Waals surface area contributed by atoms with E-state index in [0.717, 1.165) is 38.5 Å². The Morgan fingerprint density at radius 2 is 1.68 bits per heavy atom. The van der Waals surface area contributed by atoms with E-state index >= 15 is 0 Å². The molecule has 1 aromatic heterocycles. The number of halogens is 6. The number of hydrogen-bond acceptors (Lipinski definition) is 7. The highest BCUT2D eigenvalue weighted by molar-refractivity contribution is 5.73. The van der Waals surface area contributed by atoms with Crippen LogP contribution in [0, 0.1) is 5.92 Å². The van der Waals surface area contributed by atoms with Gasteiger partial charge in [-0.2, -0.15) is 26.3 Å². The number of carboxylic acid groups (broad SMARTS) is 2. The predicted molar refractivity (Wildman–Crippen MR) is 119 cm³/mol. The summed E-state index contributed by atoms with van der Waals surface area (Å²) >= 11 is 0. The van der Waals surface area contributed by atoms with Crippen LogP contribution in [0.3, 0.4) is 0 Å². The monoisotopic (exact) mass is 560 g/mol. The van der Waals surface area contributed by atoms with Crippen LogP contribution in [0.4, 0.5) is 26.3 Å². The quantitative estimate of drug-likeness (QED) is 0.531. The first-order valence-corrected chi connectivity index (χ1v) is 11.8. The first kappa shape index (κ1) is 31.6. The summed E-state index contributed by atoms with van der Waals surface area (Å²) in [4.78, 5) is 24.7. The van der Waals surface area contributed by atoms with Crippen molar-refractivity contribution >= 4 is 11.9 Å². The van der Waals surface area contributed by atoms with Crippen molar-refractivity contribution in [1.82, 2.24) is 9.88 Å². The summed E-state index contributed by atoms with van der Waals surface area (Å²) < 4.78 is 81.2. The summed E-state index contributed by atoms with van der Waals surface area (Å²) in [6.07, 6.45) is -2.50. The van der Waals surface area contributed by atoms with E-state index in [4.69, 9.17) is 34.0 Å². The van der Waals surface area contributed by atoms with Gasteiger partial charge in [-0.05, 0) is 44.2 Å². The standard InChI is InChI=1S/C19H28N2O3.2C2HF3O2/c1-2-8-20-18(4-1)24-17-12-19(23-14-17)7-3-9-21(15-19)13-16-5-10-22-11-6-16;2*3-2(4,5)1(6)7/h1-2,4,8,16-17H,3,5-7,9-15H2;2*(H,6,7)/t17-,19-;;/m0../s1. The fourth-order valence-corrected chi connectivity index (χ4v) is 4.39. The lowest BCUT2D eigenvalue weighted by Gasteiger charge is -2.41. The Bertz CT molecular complexity index is 857. The van der Waals surface area contributed by atoms with Gasteiger partial charge in [-0.3, -0.25) is 0 Å². The summed E-state index contributed by atoms with van der Waals surface area (Å²) in [6, 6.07) is 5.79. The molecule has 3 saturated heterocycles. The summed E-state index contributed by atoms with van der Waals surface area (Å²) in [6.45, 7) is 5.99. The normalized spacial score (nSPS) is 24.5. The van der Waals surface area contributed by atoms with Crippen molar-refractivity contribution in [2.45, 2.75) is 56.2 Å². The molecule has 3 fully saturated rings. The zero-order valence-corrected chi connectivity index (χ0v) is 20.3. The van der Waals surface area contributed by atoms with Crippen LogP contribution in [-0.4, -0.2) is 95.5 Å². The number of alkyl halides is 6. The van der Waals surface area contributed by atoms with E-state index in [1.165, 1.54) is 32.4 Å². The van der Waals surface area contributed by atoms with Gasteiger partial charge in [0.1, 0.15) is 6.10 Å². The molecule has 0 aromatic carbocycles. The summed E-state index contributed by atoms with van der Waals surface area (Å²) in [5, 5.41) is 14.2. The highest BCUT2D eigenvalue weighted by atomic mass is 19.4. The third-order valence-electron chi connectivity index (χ3n) is 6.06. The molecule has 0 unspecified atom stereocenters. The molecule has 2 atom stereocenters. The Labute approximate surface area is 214 Å². The molecule has 3 aliphatic heterocycles. The average Bonchev–Trinajstić information content (AvgIpc) is 3.21. The third kappa shape index (κ3) is 11.0. The number of ether oxygens (including phenoxy) is 3. The molecule has 0 radical (unpaired) electrons. The minimum absolute atomic E-state index is 0.0110. The Kier molecular flexibility index (Phi) is 11.6. The Hall–Kier alpha value is -2.65. The van der Waals surface area contributed by atoms with Gasteiger partial charge in [0.15, 0.2) is 0 Å². The SMILES string of the molecule is O=C(O)C(F)(F)F.O=C(O)C(F)(F)F.c1ccc(O[C@@H]2CO[C@@]3(CCCN(CC4CCOCC4)C3)C2)nc1. The van der Waals surface area contributed by atoms with E-state index in [0.29, 0.717) is 12.5 Å². The highest BCUT2D eigenvalue weighted by Crippen LogP contribution is 2.36. The Morgan fingerprint density at radius 1 is 1.08 bits per heavy atom. The molecule has 0 aliphatic carbocycles. The van der Waals surface area contributed by atoms with Crippen LogP contribution in [0.5, 0.6) is 5.88 Å². The van der Waals surface area contributed by atoms with Crippen LogP contribution in [-0.2, 0) is 19.1 Å². The maximum atomic E-state index is 10.6. The van der Waals surface area contributed by atoms with Crippen LogP contribution in [0.15, 0.2) is 24.4 Å². The van der Waals surface area contributed by atoms with Crippen molar-refractivity contribution in [3.63, 3.8) is 0 Å². The molecule has 0 saturated carbocycles. The molecule has 1 aromatic rings. The molecule has 3 aliphatic rings. The molecule has 0 amide bonds. The van der Waals surface area contributed by atoms with Crippen molar-refractivity contribution in [3.8, 4) is 5.88 Å². The lowest BCUT2D eigenvalue weighted by atomic mass is 9.88.